The number of nitrogen functional groups attached to an aromatic ring is 1. The number of methoxy groups -OCH3 is 1. The molecule has 7 nitrogen and oxygen atoms in total. The highest BCUT2D eigenvalue weighted by molar-refractivity contribution is 6.06. The van der Waals surface area contributed by atoms with Gasteiger partial charge in [-0.1, -0.05) is 100 Å². The summed E-state index contributed by atoms with van der Waals surface area (Å²) in [4.78, 5) is 30.1. The SMILES string of the molecule is CNC[C@H](CCCCCC(=O)CC(=O)/C=C/c1cc(OC)c(O)cc1Cc1cnc(N)cc1CCc1cccc(CCc2ccccc2)c1)CCCC(C)C. The molecule has 0 unspecified atom stereocenters. The molecule has 4 rings (SSSR count). The standard InChI is InChI=1S/C48H63N3O4/c1-35(2)13-11-19-39(33-50-3)16-9-6-10-20-44(52)32-45(53)26-25-40-30-47(55-4)46(54)29-42(40)28-43-34-51-48(49)31-41(43)24-23-38-18-12-17-37(27-38)22-21-36-14-7-5-8-15-36/h5,7-8,12,14-15,17-18,25-27,29-31,34-35,39,50,54H,6,9-11,13,16,19-24,28,32-33H2,1-4H3,(H2,49,51)/b26-25+/t39-/m1/s1. The molecule has 1 aromatic heterocycles. The molecular formula is C48H63N3O4. The van der Waals surface area contributed by atoms with Crippen molar-refractivity contribution in [2.24, 2.45) is 11.8 Å². The van der Waals surface area contributed by atoms with Gasteiger partial charge < -0.3 is 20.9 Å². The third-order valence-corrected chi connectivity index (χ3v) is 10.4. The number of carbonyl (C=O) groups is 2. The summed E-state index contributed by atoms with van der Waals surface area (Å²) < 4.78 is 5.41. The lowest BCUT2D eigenvalue weighted by Crippen LogP contribution is -2.19. The van der Waals surface area contributed by atoms with Gasteiger partial charge in [-0.3, -0.25) is 9.59 Å². The average Bonchev–Trinajstić information content (AvgIpc) is 3.17. The highest BCUT2D eigenvalue weighted by Gasteiger charge is 2.14. The van der Waals surface area contributed by atoms with Gasteiger partial charge in [0.2, 0.25) is 0 Å². The zero-order valence-corrected chi connectivity index (χ0v) is 33.6. The number of Topliss-reactive ketones (excluding diaryl/α,β-unsaturated/α-hetero) is 1. The summed E-state index contributed by atoms with van der Waals surface area (Å²) in [5, 5.41) is 14.1. The Bertz CT molecular complexity index is 1820. The van der Waals surface area contributed by atoms with E-state index in [1.54, 1.807) is 24.4 Å². The number of aryl methyl sites for hydroxylation is 4. The van der Waals surface area contributed by atoms with Crippen molar-refractivity contribution in [3.63, 3.8) is 0 Å². The van der Waals surface area contributed by atoms with E-state index < -0.39 is 0 Å². The number of nitrogens with zero attached hydrogens (tertiary/aromatic N) is 1. The number of nitrogens with one attached hydrogen (secondary N) is 1. The molecule has 0 spiro atoms. The predicted molar refractivity (Wildman–Crippen MR) is 227 cm³/mol. The van der Waals surface area contributed by atoms with Gasteiger partial charge in [-0.05, 0) is 140 Å². The van der Waals surface area contributed by atoms with Crippen LogP contribution in [0.25, 0.3) is 6.08 Å². The number of ketones is 2. The summed E-state index contributed by atoms with van der Waals surface area (Å²) in [6.07, 6.45) is 17.2. The van der Waals surface area contributed by atoms with E-state index in [-0.39, 0.29) is 23.7 Å². The third-order valence-electron chi connectivity index (χ3n) is 10.4. The van der Waals surface area contributed by atoms with E-state index in [4.69, 9.17) is 10.5 Å². The van der Waals surface area contributed by atoms with Crippen LogP contribution in [-0.4, -0.2) is 42.4 Å². The first-order valence-corrected chi connectivity index (χ1v) is 20.3. The van der Waals surface area contributed by atoms with Crippen LogP contribution in [0.5, 0.6) is 11.5 Å². The molecule has 0 saturated heterocycles. The second-order valence-electron chi connectivity index (χ2n) is 15.4. The van der Waals surface area contributed by atoms with Crippen LogP contribution in [0.2, 0.25) is 0 Å². The van der Waals surface area contributed by atoms with Crippen molar-refractivity contribution in [1.29, 1.82) is 0 Å². The summed E-state index contributed by atoms with van der Waals surface area (Å²) in [6.45, 7) is 5.59. The highest BCUT2D eigenvalue weighted by Crippen LogP contribution is 2.32. The minimum absolute atomic E-state index is 0.0151. The number of hydrogen-bond donors (Lipinski definition) is 3. The lowest BCUT2D eigenvalue weighted by molar-refractivity contribution is -0.124. The van der Waals surface area contributed by atoms with E-state index in [0.717, 1.165) is 79.7 Å². The monoisotopic (exact) mass is 745 g/mol. The van der Waals surface area contributed by atoms with E-state index in [2.05, 4.69) is 72.7 Å². The number of allylic oxidation sites excluding steroid dienone is 1. The maximum absolute atomic E-state index is 12.9. The number of anilines is 1. The van der Waals surface area contributed by atoms with Crippen LogP contribution in [0.1, 0.15) is 111 Å². The number of ether oxygens (including phenoxy) is 1. The van der Waals surface area contributed by atoms with Gasteiger partial charge in [0.15, 0.2) is 17.3 Å². The van der Waals surface area contributed by atoms with Crippen LogP contribution in [0.4, 0.5) is 5.82 Å². The fourth-order valence-corrected chi connectivity index (χ4v) is 7.30. The Kier molecular flexibility index (Phi) is 18.2. The number of nitrogens with two attached hydrogens (primary N) is 1. The Labute approximate surface area is 329 Å². The van der Waals surface area contributed by atoms with Crippen LogP contribution in [0, 0.1) is 11.8 Å². The number of unbranched alkanes of at least 4 members (excludes halogenated alkanes) is 2. The Morgan fingerprint density at radius 1 is 0.818 bits per heavy atom. The molecule has 294 valence electrons. The van der Waals surface area contributed by atoms with E-state index in [0.29, 0.717) is 30.3 Å². The van der Waals surface area contributed by atoms with Crippen LogP contribution < -0.4 is 15.8 Å². The molecule has 0 aliphatic heterocycles. The minimum Gasteiger partial charge on any atom is -0.504 e. The van der Waals surface area contributed by atoms with Crippen LogP contribution in [0.3, 0.4) is 0 Å². The van der Waals surface area contributed by atoms with Gasteiger partial charge in [0, 0.05) is 12.6 Å². The Balaban J connectivity index is 1.34. The molecule has 1 atom stereocenters. The predicted octanol–water partition coefficient (Wildman–Crippen LogP) is 9.69. The molecule has 0 aliphatic carbocycles. The average molecular weight is 746 g/mol. The molecule has 0 amide bonds. The van der Waals surface area contributed by atoms with Gasteiger partial charge in [0.1, 0.15) is 11.6 Å². The molecule has 0 fully saturated rings. The second kappa shape index (κ2) is 23.2. The second-order valence-corrected chi connectivity index (χ2v) is 15.4. The fraction of sp³-hybridized carbons (Fsp3) is 0.438. The van der Waals surface area contributed by atoms with Crippen LogP contribution >= 0.6 is 0 Å². The third kappa shape index (κ3) is 15.5. The quantitative estimate of drug-likeness (QED) is 0.0352. The number of aromatic hydroxyl groups is 1. The first kappa shape index (κ1) is 43.0. The lowest BCUT2D eigenvalue weighted by Gasteiger charge is -2.17. The number of benzene rings is 3. The summed E-state index contributed by atoms with van der Waals surface area (Å²) >= 11 is 0. The molecule has 4 N–H and O–H groups in total. The van der Waals surface area contributed by atoms with Gasteiger partial charge in [-0.25, -0.2) is 4.98 Å². The van der Waals surface area contributed by atoms with Crippen molar-refractivity contribution in [2.45, 2.75) is 104 Å². The van der Waals surface area contributed by atoms with Crippen molar-refractivity contribution in [1.82, 2.24) is 10.3 Å². The number of hydrogen-bond acceptors (Lipinski definition) is 7. The van der Waals surface area contributed by atoms with Crippen molar-refractivity contribution in [3.8, 4) is 11.5 Å². The molecule has 55 heavy (non-hydrogen) atoms. The molecule has 0 saturated carbocycles. The number of phenolic OH excluding ortho intramolecular Hbond substituents is 1. The molecule has 0 aliphatic rings. The Morgan fingerprint density at radius 3 is 2.25 bits per heavy atom. The van der Waals surface area contributed by atoms with E-state index >= 15 is 0 Å². The molecule has 3 aromatic carbocycles. The Morgan fingerprint density at radius 2 is 1.53 bits per heavy atom. The van der Waals surface area contributed by atoms with Gasteiger partial charge in [-0.15, -0.1) is 0 Å². The number of pyridine rings is 1. The molecule has 7 heteroatoms. The largest absolute Gasteiger partial charge is 0.504 e. The molecule has 1 heterocycles. The summed E-state index contributed by atoms with van der Waals surface area (Å²) in [6, 6.07) is 24.7. The fourth-order valence-electron chi connectivity index (χ4n) is 7.30. The topological polar surface area (TPSA) is 115 Å². The number of rotatable bonds is 25. The van der Waals surface area contributed by atoms with E-state index in [1.165, 1.54) is 55.6 Å². The van der Waals surface area contributed by atoms with Crippen LogP contribution in [-0.2, 0) is 41.7 Å². The minimum atomic E-state index is -0.233. The summed E-state index contributed by atoms with van der Waals surface area (Å²) in [5.41, 5.74) is 13.7. The van der Waals surface area contributed by atoms with Gasteiger partial charge in [-0.2, -0.15) is 0 Å². The Hall–Kier alpha value is -4.75. The van der Waals surface area contributed by atoms with Gasteiger partial charge >= 0.3 is 0 Å². The van der Waals surface area contributed by atoms with Gasteiger partial charge in [0.25, 0.3) is 0 Å². The first-order valence-electron chi connectivity index (χ1n) is 20.3. The maximum Gasteiger partial charge on any atom is 0.163 e. The number of aromatic nitrogens is 1. The highest BCUT2D eigenvalue weighted by atomic mass is 16.5. The van der Waals surface area contributed by atoms with Crippen molar-refractivity contribution < 1.29 is 19.4 Å². The molecule has 0 bridgehead atoms. The van der Waals surface area contributed by atoms with Gasteiger partial charge in [0.05, 0.1) is 13.5 Å². The smallest absolute Gasteiger partial charge is 0.163 e. The van der Waals surface area contributed by atoms with Crippen molar-refractivity contribution in [3.05, 3.63) is 124 Å². The van der Waals surface area contributed by atoms with E-state index in [1.807, 2.05) is 19.2 Å². The molecular weight excluding hydrogens is 683 g/mol. The normalized spacial score (nSPS) is 12.0. The number of carbonyl (C=O) groups excluding carboxylic acids is 2. The molecule has 0 radical (unpaired) electrons. The lowest BCUT2D eigenvalue weighted by atomic mass is 9.93. The zero-order chi connectivity index (χ0) is 39.4. The maximum atomic E-state index is 12.9. The van der Waals surface area contributed by atoms with E-state index in [9.17, 15) is 14.7 Å². The van der Waals surface area contributed by atoms with Crippen LogP contribution in [0.15, 0.2) is 85.1 Å². The zero-order valence-electron chi connectivity index (χ0n) is 33.6. The first-order chi connectivity index (χ1) is 26.6. The summed E-state index contributed by atoms with van der Waals surface area (Å²) in [5.74, 6) is 1.94. The summed E-state index contributed by atoms with van der Waals surface area (Å²) in [7, 11) is 3.51. The van der Waals surface area contributed by atoms with Crippen molar-refractivity contribution in [2.75, 3.05) is 26.4 Å². The molecule has 4 aromatic rings. The number of phenols is 1. The van der Waals surface area contributed by atoms with Crippen molar-refractivity contribution >= 4 is 23.5 Å².